The number of hydrogen-bond acceptors (Lipinski definition) is 2. The monoisotopic (exact) mass is 282 g/mol. The third-order valence-corrected chi connectivity index (χ3v) is 3.78. The van der Waals surface area contributed by atoms with Gasteiger partial charge in [-0.3, -0.25) is 9.97 Å². The molecule has 2 nitrogen and oxygen atoms in total. The van der Waals surface area contributed by atoms with E-state index in [1.807, 2.05) is 24.5 Å². The number of hydrogen-bond donors (Lipinski definition) is 0. The molecule has 4 rings (SSSR count). The van der Waals surface area contributed by atoms with Gasteiger partial charge in [0.25, 0.3) is 0 Å². The zero-order valence-electron chi connectivity index (χ0n) is 12.0. The molecule has 0 N–H and O–H groups in total. The molecule has 4 aromatic rings. The molecule has 0 saturated heterocycles. The molecule has 0 aliphatic carbocycles. The first-order chi connectivity index (χ1) is 10.9. The average molecular weight is 282 g/mol. The Balaban J connectivity index is 1.81. The topological polar surface area (TPSA) is 25.8 Å². The third-order valence-electron chi connectivity index (χ3n) is 3.78. The van der Waals surface area contributed by atoms with Gasteiger partial charge < -0.3 is 0 Å². The van der Waals surface area contributed by atoms with Crippen molar-refractivity contribution in [3.8, 4) is 22.4 Å². The molecule has 0 aliphatic rings. The molecule has 2 aromatic carbocycles. The van der Waals surface area contributed by atoms with Crippen molar-refractivity contribution >= 4 is 10.8 Å². The smallest absolute Gasteiger partial charge is 0.0708 e. The van der Waals surface area contributed by atoms with Crippen molar-refractivity contribution in [2.45, 2.75) is 0 Å². The molecule has 0 amide bonds. The molecule has 0 atom stereocenters. The first kappa shape index (κ1) is 12.7. The lowest BCUT2D eigenvalue weighted by Gasteiger charge is -2.06. The van der Waals surface area contributed by atoms with Gasteiger partial charge in [-0.05, 0) is 29.1 Å². The van der Waals surface area contributed by atoms with E-state index in [-0.39, 0.29) is 0 Å². The van der Waals surface area contributed by atoms with Crippen LogP contribution in [-0.4, -0.2) is 9.97 Å². The van der Waals surface area contributed by atoms with Gasteiger partial charge in [-0.25, -0.2) is 0 Å². The van der Waals surface area contributed by atoms with Gasteiger partial charge in [-0.1, -0.05) is 48.5 Å². The highest BCUT2D eigenvalue weighted by molar-refractivity contribution is 5.85. The molecule has 2 aromatic heterocycles. The molecule has 104 valence electrons. The summed E-state index contributed by atoms with van der Waals surface area (Å²) in [5.41, 5.74) is 4.38. The number of benzene rings is 2. The molecule has 2 heteroatoms. The lowest BCUT2D eigenvalue weighted by Crippen LogP contribution is -1.86. The second-order valence-electron chi connectivity index (χ2n) is 5.24. The highest BCUT2D eigenvalue weighted by Gasteiger charge is 2.04. The van der Waals surface area contributed by atoms with Gasteiger partial charge in [0.05, 0.1) is 5.69 Å². The van der Waals surface area contributed by atoms with Gasteiger partial charge in [0.2, 0.25) is 0 Å². The molecule has 0 fully saturated rings. The van der Waals surface area contributed by atoms with Gasteiger partial charge in [0.15, 0.2) is 0 Å². The normalized spacial score (nSPS) is 10.7. The summed E-state index contributed by atoms with van der Waals surface area (Å²) in [5.74, 6) is 0. The molecule has 0 bridgehead atoms. The zero-order chi connectivity index (χ0) is 14.8. The molecule has 0 saturated carbocycles. The average Bonchev–Trinajstić information content (AvgIpc) is 2.62. The number of fused-ring (bicyclic) bond motifs is 1. The predicted molar refractivity (Wildman–Crippen MR) is 90.4 cm³/mol. The zero-order valence-corrected chi connectivity index (χ0v) is 12.0. The van der Waals surface area contributed by atoms with E-state index in [1.54, 1.807) is 6.20 Å². The maximum absolute atomic E-state index is 4.60. The Morgan fingerprint density at radius 3 is 2.27 bits per heavy atom. The highest BCUT2D eigenvalue weighted by Crippen LogP contribution is 2.26. The summed E-state index contributed by atoms with van der Waals surface area (Å²) in [5, 5.41) is 2.37. The Kier molecular flexibility index (Phi) is 3.13. The van der Waals surface area contributed by atoms with Crippen molar-refractivity contribution in [3.05, 3.63) is 85.3 Å². The van der Waals surface area contributed by atoms with Gasteiger partial charge in [-0.15, -0.1) is 0 Å². The summed E-state index contributed by atoms with van der Waals surface area (Å²) < 4.78 is 0. The third kappa shape index (κ3) is 2.35. The Morgan fingerprint density at radius 2 is 1.41 bits per heavy atom. The Morgan fingerprint density at radius 1 is 0.591 bits per heavy atom. The van der Waals surface area contributed by atoms with Crippen LogP contribution in [0.15, 0.2) is 85.3 Å². The van der Waals surface area contributed by atoms with E-state index in [1.165, 1.54) is 5.39 Å². The molecular formula is C20H14N2. The lowest BCUT2D eigenvalue weighted by molar-refractivity contribution is 1.33. The molecule has 22 heavy (non-hydrogen) atoms. The number of rotatable bonds is 2. The summed E-state index contributed by atoms with van der Waals surface area (Å²) in [6.07, 6.45) is 5.60. The Labute approximate surface area is 129 Å². The first-order valence-electron chi connectivity index (χ1n) is 7.26. The van der Waals surface area contributed by atoms with Gasteiger partial charge in [-0.2, -0.15) is 0 Å². The molecule has 0 spiro atoms. The number of nitrogens with zero attached hydrogens (tertiary/aromatic N) is 2. The van der Waals surface area contributed by atoms with E-state index in [4.69, 9.17) is 0 Å². The summed E-state index contributed by atoms with van der Waals surface area (Å²) in [6.45, 7) is 0. The largest absolute Gasteiger partial charge is 0.264 e. The minimum absolute atomic E-state index is 0.990. The fourth-order valence-electron chi connectivity index (χ4n) is 2.63. The SMILES string of the molecule is c1cncc(-c2cccc(-c3cc4ccccc4cn3)c2)c1. The summed E-state index contributed by atoms with van der Waals surface area (Å²) in [7, 11) is 0. The Hall–Kier alpha value is -3.00. The van der Waals surface area contributed by atoms with Crippen LogP contribution in [-0.2, 0) is 0 Å². The van der Waals surface area contributed by atoms with Crippen molar-refractivity contribution < 1.29 is 0 Å². The van der Waals surface area contributed by atoms with E-state index in [2.05, 4.69) is 64.6 Å². The van der Waals surface area contributed by atoms with E-state index in [9.17, 15) is 0 Å². The van der Waals surface area contributed by atoms with Crippen molar-refractivity contribution in [2.24, 2.45) is 0 Å². The summed E-state index contributed by atoms with van der Waals surface area (Å²) in [6, 6.07) is 22.9. The van der Waals surface area contributed by atoms with Crippen LogP contribution in [0.25, 0.3) is 33.2 Å². The number of aromatic nitrogens is 2. The first-order valence-corrected chi connectivity index (χ1v) is 7.26. The molecule has 0 aliphatic heterocycles. The van der Waals surface area contributed by atoms with E-state index >= 15 is 0 Å². The van der Waals surface area contributed by atoms with Gasteiger partial charge in [0.1, 0.15) is 0 Å². The van der Waals surface area contributed by atoms with Gasteiger partial charge in [0, 0.05) is 35.1 Å². The quantitative estimate of drug-likeness (QED) is 0.519. The molecule has 2 heterocycles. The maximum Gasteiger partial charge on any atom is 0.0708 e. The molecule has 0 unspecified atom stereocenters. The van der Waals surface area contributed by atoms with E-state index in [0.29, 0.717) is 0 Å². The van der Waals surface area contributed by atoms with Crippen LogP contribution in [0.4, 0.5) is 0 Å². The standard InChI is InChI=1S/C20H14N2/c1-2-6-19-14-22-20(12-16(19)5-1)17-8-3-7-15(11-17)18-9-4-10-21-13-18/h1-14H. The van der Waals surface area contributed by atoms with Crippen LogP contribution in [0, 0.1) is 0 Å². The van der Waals surface area contributed by atoms with E-state index < -0.39 is 0 Å². The van der Waals surface area contributed by atoms with Crippen LogP contribution in [0.5, 0.6) is 0 Å². The van der Waals surface area contributed by atoms with Crippen LogP contribution in [0.1, 0.15) is 0 Å². The van der Waals surface area contributed by atoms with Crippen molar-refractivity contribution in [1.29, 1.82) is 0 Å². The minimum Gasteiger partial charge on any atom is -0.264 e. The van der Waals surface area contributed by atoms with Crippen LogP contribution in [0.3, 0.4) is 0 Å². The Bertz CT molecular complexity index is 930. The fraction of sp³-hybridized carbons (Fsp3) is 0. The lowest BCUT2D eigenvalue weighted by atomic mass is 10.0. The van der Waals surface area contributed by atoms with Gasteiger partial charge >= 0.3 is 0 Å². The highest BCUT2D eigenvalue weighted by atomic mass is 14.7. The summed E-state index contributed by atoms with van der Waals surface area (Å²) in [4.78, 5) is 8.79. The van der Waals surface area contributed by atoms with Crippen LogP contribution in [0.2, 0.25) is 0 Å². The minimum atomic E-state index is 0.990. The van der Waals surface area contributed by atoms with E-state index in [0.717, 1.165) is 27.8 Å². The summed E-state index contributed by atoms with van der Waals surface area (Å²) >= 11 is 0. The fourth-order valence-corrected chi connectivity index (χ4v) is 2.63. The number of pyridine rings is 2. The second kappa shape index (κ2) is 5.41. The second-order valence-corrected chi connectivity index (χ2v) is 5.24. The maximum atomic E-state index is 4.60. The van der Waals surface area contributed by atoms with Crippen LogP contribution < -0.4 is 0 Å². The van der Waals surface area contributed by atoms with Crippen molar-refractivity contribution in [1.82, 2.24) is 9.97 Å². The van der Waals surface area contributed by atoms with Crippen molar-refractivity contribution in [2.75, 3.05) is 0 Å². The van der Waals surface area contributed by atoms with Crippen LogP contribution >= 0.6 is 0 Å². The molecule has 0 radical (unpaired) electrons. The van der Waals surface area contributed by atoms with Crippen molar-refractivity contribution in [3.63, 3.8) is 0 Å². The molecular weight excluding hydrogens is 268 g/mol. The predicted octanol–water partition coefficient (Wildman–Crippen LogP) is 4.96.